The molecule has 45 heavy (non-hydrogen) atoms. The lowest BCUT2D eigenvalue weighted by atomic mass is 9.99. The molecule has 0 aliphatic carbocycles. The highest BCUT2D eigenvalue weighted by molar-refractivity contribution is 5.98. The summed E-state index contributed by atoms with van der Waals surface area (Å²) in [6, 6.07) is 14.8. The van der Waals surface area contributed by atoms with Gasteiger partial charge in [0, 0.05) is 49.3 Å². The zero-order chi connectivity index (χ0) is 31.5. The molecule has 6 rings (SSSR count). The Kier molecular flexibility index (Phi) is 9.29. The highest BCUT2D eigenvalue weighted by Gasteiger charge is 2.39. The van der Waals surface area contributed by atoms with Crippen LogP contribution in [0, 0.1) is 11.6 Å². The minimum absolute atomic E-state index is 0.156. The van der Waals surface area contributed by atoms with Gasteiger partial charge in [-0.3, -0.25) is 14.5 Å². The summed E-state index contributed by atoms with van der Waals surface area (Å²) >= 11 is 0. The van der Waals surface area contributed by atoms with E-state index in [4.69, 9.17) is 14.2 Å². The number of likely N-dealkylation sites (tertiary alicyclic amines) is 1. The van der Waals surface area contributed by atoms with Crippen LogP contribution in [0.4, 0.5) is 8.78 Å². The van der Waals surface area contributed by atoms with E-state index >= 15 is 0 Å². The first kappa shape index (κ1) is 30.9. The van der Waals surface area contributed by atoms with Gasteiger partial charge in [0.25, 0.3) is 5.91 Å². The van der Waals surface area contributed by atoms with Crippen LogP contribution in [0.5, 0.6) is 11.5 Å². The lowest BCUT2D eigenvalue weighted by molar-refractivity contribution is -0.133. The number of nitrogens with zero attached hydrogens (tertiary/aromatic N) is 1. The minimum Gasteiger partial charge on any atom is -0.496 e. The first-order valence-corrected chi connectivity index (χ1v) is 15.3. The van der Waals surface area contributed by atoms with Crippen LogP contribution in [-0.4, -0.2) is 79.0 Å². The van der Waals surface area contributed by atoms with Gasteiger partial charge < -0.3 is 30.0 Å². The number of nitrogens with one attached hydrogen (secondary N) is 2. The second-order valence-corrected chi connectivity index (χ2v) is 11.8. The molecule has 3 aromatic carbocycles. The number of amides is 2. The fourth-order valence-corrected chi connectivity index (χ4v) is 6.46. The van der Waals surface area contributed by atoms with E-state index in [1.165, 1.54) is 12.1 Å². The van der Waals surface area contributed by atoms with Crippen molar-refractivity contribution in [2.45, 2.75) is 62.6 Å². The van der Waals surface area contributed by atoms with Crippen molar-refractivity contribution in [3.63, 3.8) is 0 Å². The number of halogens is 2. The van der Waals surface area contributed by atoms with E-state index in [2.05, 4.69) is 10.6 Å². The van der Waals surface area contributed by atoms with Gasteiger partial charge in [-0.1, -0.05) is 24.3 Å². The molecule has 0 spiro atoms. The molecule has 5 atom stereocenters. The molecule has 3 aliphatic rings. The third kappa shape index (κ3) is 6.95. The number of hydrogen-bond donors (Lipinski definition) is 3. The third-order valence-corrected chi connectivity index (χ3v) is 8.83. The largest absolute Gasteiger partial charge is 0.496 e. The number of rotatable bonds is 4. The van der Waals surface area contributed by atoms with Crippen molar-refractivity contribution >= 4 is 11.8 Å². The topological polar surface area (TPSA) is 109 Å². The van der Waals surface area contributed by atoms with Crippen molar-refractivity contribution in [1.82, 2.24) is 15.5 Å². The Morgan fingerprint density at radius 3 is 2.67 bits per heavy atom. The van der Waals surface area contributed by atoms with E-state index in [0.717, 1.165) is 11.6 Å². The first-order valence-electron chi connectivity index (χ1n) is 15.3. The Balaban J connectivity index is 1.31. The number of aliphatic hydroxyl groups excluding tert-OH is 1. The minimum atomic E-state index is -0.724. The van der Waals surface area contributed by atoms with Gasteiger partial charge in [0.05, 0.1) is 37.5 Å². The number of carbonyl (C=O) groups is 2. The maximum Gasteiger partial charge on any atom is 0.255 e. The van der Waals surface area contributed by atoms with Gasteiger partial charge in [0.2, 0.25) is 5.91 Å². The van der Waals surface area contributed by atoms with Gasteiger partial charge in [-0.25, -0.2) is 8.78 Å². The van der Waals surface area contributed by atoms with Gasteiger partial charge in [-0.05, 0) is 55.2 Å². The van der Waals surface area contributed by atoms with E-state index in [9.17, 15) is 23.5 Å². The second kappa shape index (κ2) is 13.5. The Labute approximate surface area is 260 Å². The second-order valence-electron chi connectivity index (χ2n) is 11.8. The third-order valence-electron chi connectivity index (χ3n) is 8.83. The molecular weight excluding hydrogens is 584 g/mol. The van der Waals surface area contributed by atoms with Gasteiger partial charge in [-0.2, -0.15) is 0 Å². The van der Waals surface area contributed by atoms with Gasteiger partial charge in [-0.15, -0.1) is 0 Å². The van der Waals surface area contributed by atoms with Crippen LogP contribution in [-0.2, 0) is 16.1 Å². The summed E-state index contributed by atoms with van der Waals surface area (Å²) in [6.45, 7) is 1.18. The van der Waals surface area contributed by atoms with Crippen molar-refractivity contribution < 1.29 is 37.7 Å². The highest BCUT2D eigenvalue weighted by atomic mass is 19.1. The van der Waals surface area contributed by atoms with E-state index < -0.39 is 29.9 Å². The molecule has 0 saturated carbocycles. The fourth-order valence-electron chi connectivity index (χ4n) is 6.46. The maximum absolute atomic E-state index is 14.7. The summed E-state index contributed by atoms with van der Waals surface area (Å²) in [5.74, 6) is -1.04. The lowest BCUT2D eigenvalue weighted by Gasteiger charge is -2.34. The summed E-state index contributed by atoms with van der Waals surface area (Å²) in [5, 5.41) is 16.7. The van der Waals surface area contributed by atoms with Gasteiger partial charge in [0.15, 0.2) is 0 Å². The SMILES string of the molecule is COc1ccccc1CN1C[C@@H]2C[C@H]1C(=O)NC[C@H]1O[C@H](CCOc3cc(-c4ccc(F)cc4F)ccc3C(=O)N2)CC[C@@H]1O. The van der Waals surface area contributed by atoms with Crippen molar-refractivity contribution in [3.05, 3.63) is 83.4 Å². The molecule has 2 saturated heterocycles. The molecule has 3 N–H and O–H groups in total. The molecule has 9 nitrogen and oxygen atoms in total. The van der Waals surface area contributed by atoms with Crippen LogP contribution in [0.3, 0.4) is 0 Å². The van der Waals surface area contributed by atoms with Crippen LogP contribution >= 0.6 is 0 Å². The molecule has 4 bridgehead atoms. The number of benzene rings is 3. The number of fused-ring (bicyclic) bond motifs is 5. The normalized spacial score (nSPS) is 25.9. The highest BCUT2D eigenvalue weighted by Crippen LogP contribution is 2.32. The summed E-state index contributed by atoms with van der Waals surface area (Å²) < 4.78 is 46.1. The van der Waals surface area contributed by atoms with Crippen molar-refractivity contribution in [2.24, 2.45) is 0 Å². The molecule has 3 heterocycles. The summed E-state index contributed by atoms with van der Waals surface area (Å²) in [4.78, 5) is 29.3. The molecule has 3 aromatic rings. The smallest absolute Gasteiger partial charge is 0.255 e. The average molecular weight is 622 g/mol. The quantitative estimate of drug-likeness (QED) is 0.407. The molecule has 2 amide bonds. The fraction of sp³-hybridized carbons (Fsp3) is 0.412. The molecule has 2 fully saturated rings. The van der Waals surface area contributed by atoms with Crippen LogP contribution < -0.4 is 20.1 Å². The molecule has 0 unspecified atom stereocenters. The monoisotopic (exact) mass is 621 g/mol. The molecular formula is C34H37F2N3O6. The predicted octanol–water partition coefficient (Wildman–Crippen LogP) is 3.82. The number of carbonyl (C=O) groups excluding carboxylic acids is 2. The summed E-state index contributed by atoms with van der Waals surface area (Å²) in [6.07, 6.45) is 0.459. The Hall–Kier alpha value is -4.06. The van der Waals surface area contributed by atoms with Crippen LogP contribution in [0.1, 0.15) is 41.6 Å². The van der Waals surface area contributed by atoms with E-state index in [-0.39, 0.29) is 54.0 Å². The van der Waals surface area contributed by atoms with Crippen molar-refractivity contribution in [1.29, 1.82) is 0 Å². The van der Waals surface area contributed by atoms with E-state index in [1.54, 1.807) is 25.3 Å². The number of aliphatic hydroxyl groups is 1. The molecule has 3 aliphatic heterocycles. The van der Waals surface area contributed by atoms with E-state index in [0.29, 0.717) is 50.1 Å². The Bertz CT molecular complexity index is 1550. The average Bonchev–Trinajstić information content (AvgIpc) is 3.42. The zero-order valence-electron chi connectivity index (χ0n) is 25.0. The Morgan fingerprint density at radius 2 is 1.84 bits per heavy atom. The Morgan fingerprint density at radius 1 is 1.02 bits per heavy atom. The van der Waals surface area contributed by atoms with E-state index in [1.807, 2.05) is 29.2 Å². The predicted molar refractivity (Wildman–Crippen MR) is 162 cm³/mol. The van der Waals surface area contributed by atoms with Gasteiger partial charge in [0.1, 0.15) is 29.2 Å². The van der Waals surface area contributed by atoms with Gasteiger partial charge >= 0.3 is 0 Å². The van der Waals surface area contributed by atoms with Crippen molar-refractivity contribution in [3.8, 4) is 22.6 Å². The number of hydrogen-bond acceptors (Lipinski definition) is 7. The number of ether oxygens (including phenoxy) is 3. The molecule has 0 aromatic heterocycles. The number of para-hydroxylation sites is 1. The van der Waals surface area contributed by atoms with Crippen LogP contribution in [0.25, 0.3) is 11.1 Å². The molecule has 238 valence electrons. The lowest BCUT2D eigenvalue weighted by Crippen LogP contribution is -2.50. The summed E-state index contributed by atoms with van der Waals surface area (Å²) in [7, 11) is 1.60. The maximum atomic E-state index is 14.7. The van der Waals surface area contributed by atoms with Crippen LogP contribution in [0.15, 0.2) is 60.7 Å². The first-order chi connectivity index (χ1) is 21.8. The number of methoxy groups -OCH3 is 1. The summed E-state index contributed by atoms with van der Waals surface area (Å²) in [5.41, 5.74) is 1.78. The van der Waals surface area contributed by atoms with Crippen molar-refractivity contribution in [2.75, 3.05) is 26.8 Å². The molecule has 0 radical (unpaired) electrons. The zero-order valence-corrected chi connectivity index (χ0v) is 25.0. The van der Waals surface area contributed by atoms with Crippen LogP contribution in [0.2, 0.25) is 0 Å². The molecule has 11 heteroatoms. The standard InChI is InChI=1S/C34H37F2N3O6/c1-43-30-5-3-2-4-21(30)18-39-19-23-16-28(39)34(42)37-17-32-29(40)11-8-24(45-32)12-13-44-31-14-20(6-9-26(31)33(41)38-23)25-10-7-22(35)15-27(25)36/h2-7,9-10,14-15,23-24,28-29,32,40H,8,11-13,16-19H2,1H3,(H,37,42)(H,38,41)/t23-,24-,28-,29-,32+/m0/s1.